The standard InChI is InChI=1S/C17H11BrClNOS/c18-8-7-15-20-16-12-9-10(19)5-6-14(12)22-13-4-2-1-3-11(13)17(16)21-15/h1-6,9H,7-8H2. The Morgan fingerprint density at radius 1 is 1.09 bits per heavy atom. The third-order valence-corrected chi connectivity index (χ3v) is 5.31. The molecule has 0 aliphatic carbocycles. The molecule has 0 atom stereocenters. The molecule has 0 fully saturated rings. The van der Waals surface area contributed by atoms with E-state index in [1.54, 1.807) is 11.8 Å². The molecule has 0 radical (unpaired) electrons. The van der Waals surface area contributed by atoms with Gasteiger partial charge in [-0.15, -0.1) is 0 Å². The van der Waals surface area contributed by atoms with Crippen LogP contribution in [0.4, 0.5) is 0 Å². The van der Waals surface area contributed by atoms with E-state index in [4.69, 9.17) is 21.0 Å². The Morgan fingerprint density at radius 2 is 1.91 bits per heavy atom. The van der Waals surface area contributed by atoms with E-state index in [2.05, 4.69) is 28.1 Å². The summed E-state index contributed by atoms with van der Waals surface area (Å²) in [5.74, 6) is 1.58. The number of rotatable bonds is 2. The number of nitrogens with zero attached hydrogens (tertiary/aromatic N) is 1. The Hall–Kier alpha value is -1.23. The van der Waals surface area contributed by atoms with E-state index in [0.29, 0.717) is 5.02 Å². The highest BCUT2D eigenvalue weighted by atomic mass is 79.9. The predicted molar refractivity (Wildman–Crippen MR) is 94.0 cm³/mol. The number of aryl methyl sites for hydroxylation is 1. The van der Waals surface area contributed by atoms with Gasteiger partial charge in [0.1, 0.15) is 5.69 Å². The first-order valence-electron chi connectivity index (χ1n) is 6.89. The summed E-state index contributed by atoms with van der Waals surface area (Å²) >= 11 is 11.4. The van der Waals surface area contributed by atoms with Crippen LogP contribution in [0.2, 0.25) is 5.02 Å². The van der Waals surface area contributed by atoms with Crippen LogP contribution in [0.5, 0.6) is 0 Å². The molecular formula is C17H11BrClNOS. The zero-order valence-corrected chi connectivity index (χ0v) is 14.6. The van der Waals surface area contributed by atoms with Crippen LogP contribution in [0, 0.1) is 0 Å². The van der Waals surface area contributed by atoms with Gasteiger partial charge in [-0.3, -0.25) is 0 Å². The molecule has 0 saturated heterocycles. The van der Waals surface area contributed by atoms with Crippen molar-refractivity contribution >= 4 is 39.3 Å². The summed E-state index contributed by atoms with van der Waals surface area (Å²) in [7, 11) is 0. The highest BCUT2D eigenvalue weighted by Crippen LogP contribution is 2.48. The quantitative estimate of drug-likeness (QED) is 0.388. The fraction of sp³-hybridized carbons (Fsp3) is 0.118. The molecule has 0 bridgehead atoms. The monoisotopic (exact) mass is 391 g/mol. The molecule has 22 heavy (non-hydrogen) atoms. The second kappa shape index (κ2) is 5.76. The summed E-state index contributed by atoms with van der Waals surface area (Å²) in [6.45, 7) is 0. The van der Waals surface area contributed by atoms with Crippen molar-refractivity contribution in [1.29, 1.82) is 0 Å². The third-order valence-electron chi connectivity index (χ3n) is 3.53. The van der Waals surface area contributed by atoms with Crippen molar-refractivity contribution in [3.8, 4) is 22.6 Å². The minimum Gasteiger partial charge on any atom is -0.440 e. The van der Waals surface area contributed by atoms with Gasteiger partial charge in [-0.1, -0.05) is 57.5 Å². The Kier molecular flexibility index (Phi) is 3.76. The van der Waals surface area contributed by atoms with Crippen molar-refractivity contribution in [1.82, 2.24) is 4.98 Å². The van der Waals surface area contributed by atoms with E-state index in [1.807, 2.05) is 30.3 Å². The number of benzene rings is 2. The fourth-order valence-corrected chi connectivity index (χ4v) is 4.12. The summed E-state index contributed by atoms with van der Waals surface area (Å²) in [6.07, 6.45) is 0.762. The van der Waals surface area contributed by atoms with Gasteiger partial charge in [0.2, 0.25) is 0 Å². The smallest absolute Gasteiger partial charge is 0.196 e. The van der Waals surface area contributed by atoms with Gasteiger partial charge in [0, 0.05) is 37.7 Å². The van der Waals surface area contributed by atoms with Gasteiger partial charge in [0.25, 0.3) is 0 Å². The Morgan fingerprint density at radius 3 is 2.77 bits per heavy atom. The number of aromatic nitrogens is 1. The number of fused-ring (bicyclic) bond motifs is 5. The molecule has 0 unspecified atom stereocenters. The molecule has 1 aliphatic rings. The molecule has 1 aliphatic heterocycles. The summed E-state index contributed by atoms with van der Waals surface area (Å²) in [4.78, 5) is 7.03. The maximum atomic E-state index is 6.20. The minimum atomic E-state index is 0.710. The lowest BCUT2D eigenvalue weighted by Gasteiger charge is -2.05. The molecule has 3 aromatic rings. The molecule has 110 valence electrons. The van der Waals surface area contributed by atoms with Gasteiger partial charge in [0.15, 0.2) is 11.7 Å². The van der Waals surface area contributed by atoms with Gasteiger partial charge >= 0.3 is 0 Å². The fourth-order valence-electron chi connectivity index (χ4n) is 2.56. The zero-order valence-electron chi connectivity index (χ0n) is 11.5. The predicted octanol–water partition coefficient (Wildman–Crippen LogP) is 6.06. The normalized spacial score (nSPS) is 12.3. The van der Waals surface area contributed by atoms with E-state index in [9.17, 15) is 0 Å². The topological polar surface area (TPSA) is 26.0 Å². The molecule has 0 N–H and O–H groups in total. The maximum Gasteiger partial charge on any atom is 0.196 e. The van der Waals surface area contributed by atoms with Crippen LogP contribution in [0.1, 0.15) is 5.89 Å². The lowest BCUT2D eigenvalue weighted by molar-refractivity contribution is 0.515. The zero-order chi connectivity index (χ0) is 15.1. The second-order valence-electron chi connectivity index (χ2n) is 4.96. The Balaban J connectivity index is 2.02. The number of hydrogen-bond donors (Lipinski definition) is 0. The first kappa shape index (κ1) is 14.4. The van der Waals surface area contributed by atoms with Crippen LogP contribution in [0.3, 0.4) is 0 Å². The highest BCUT2D eigenvalue weighted by molar-refractivity contribution is 9.09. The molecule has 2 heterocycles. The van der Waals surface area contributed by atoms with E-state index in [1.165, 1.54) is 4.90 Å². The summed E-state index contributed by atoms with van der Waals surface area (Å²) < 4.78 is 6.05. The van der Waals surface area contributed by atoms with E-state index in [-0.39, 0.29) is 0 Å². The van der Waals surface area contributed by atoms with Crippen molar-refractivity contribution in [2.45, 2.75) is 16.2 Å². The Bertz CT molecular complexity index is 862. The van der Waals surface area contributed by atoms with E-state index < -0.39 is 0 Å². The molecule has 0 amide bonds. The van der Waals surface area contributed by atoms with Crippen LogP contribution in [0.15, 0.2) is 56.7 Å². The second-order valence-corrected chi connectivity index (χ2v) is 7.28. The van der Waals surface area contributed by atoms with Gasteiger partial charge < -0.3 is 4.42 Å². The third kappa shape index (κ3) is 2.39. The number of oxazole rings is 1. The minimum absolute atomic E-state index is 0.710. The van der Waals surface area contributed by atoms with Crippen molar-refractivity contribution in [2.75, 3.05) is 5.33 Å². The molecule has 2 nitrogen and oxygen atoms in total. The molecule has 1 aromatic heterocycles. The first-order chi connectivity index (χ1) is 10.8. The summed E-state index contributed by atoms with van der Waals surface area (Å²) in [5, 5.41) is 1.53. The van der Waals surface area contributed by atoms with Crippen LogP contribution in [-0.2, 0) is 6.42 Å². The lowest BCUT2D eigenvalue weighted by Crippen LogP contribution is -1.87. The molecule has 0 saturated carbocycles. The number of hydrogen-bond acceptors (Lipinski definition) is 3. The van der Waals surface area contributed by atoms with Gasteiger partial charge in [-0.25, -0.2) is 4.98 Å². The molecule has 4 rings (SSSR count). The SMILES string of the molecule is Clc1ccc2c(c1)-c1nc(CCBr)oc1-c1ccccc1S2. The van der Waals surface area contributed by atoms with Gasteiger partial charge in [-0.05, 0) is 24.3 Å². The number of alkyl halides is 1. The van der Waals surface area contributed by atoms with Crippen LogP contribution >= 0.6 is 39.3 Å². The average molecular weight is 393 g/mol. The van der Waals surface area contributed by atoms with Crippen LogP contribution in [-0.4, -0.2) is 10.3 Å². The van der Waals surface area contributed by atoms with Gasteiger partial charge in [-0.2, -0.15) is 0 Å². The highest BCUT2D eigenvalue weighted by Gasteiger charge is 2.25. The largest absolute Gasteiger partial charge is 0.440 e. The van der Waals surface area contributed by atoms with Crippen molar-refractivity contribution in [2.24, 2.45) is 0 Å². The summed E-state index contributed by atoms with van der Waals surface area (Å²) in [6, 6.07) is 14.2. The first-order valence-corrected chi connectivity index (χ1v) is 9.20. The number of halogens is 2. The molecule has 0 spiro atoms. The van der Waals surface area contributed by atoms with Crippen LogP contribution < -0.4 is 0 Å². The average Bonchev–Trinajstić information content (AvgIpc) is 2.89. The van der Waals surface area contributed by atoms with E-state index in [0.717, 1.165) is 45.1 Å². The molecule has 5 heteroatoms. The molecular weight excluding hydrogens is 382 g/mol. The Labute approximate surface area is 146 Å². The van der Waals surface area contributed by atoms with Crippen molar-refractivity contribution in [3.05, 3.63) is 53.4 Å². The molecule has 2 aromatic carbocycles. The van der Waals surface area contributed by atoms with Crippen LogP contribution in [0.25, 0.3) is 22.6 Å². The maximum absolute atomic E-state index is 6.20. The summed E-state index contributed by atoms with van der Waals surface area (Å²) in [5.41, 5.74) is 3.00. The van der Waals surface area contributed by atoms with Gasteiger partial charge in [0.05, 0.1) is 0 Å². The van der Waals surface area contributed by atoms with Crippen molar-refractivity contribution < 1.29 is 4.42 Å². The van der Waals surface area contributed by atoms with Crippen molar-refractivity contribution in [3.63, 3.8) is 0 Å². The van der Waals surface area contributed by atoms with E-state index >= 15 is 0 Å². The lowest BCUT2D eigenvalue weighted by atomic mass is 10.1.